The lowest BCUT2D eigenvalue weighted by atomic mass is 10.0. The molecule has 0 spiro atoms. The molecule has 1 heterocycles. The fourth-order valence-corrected chi connectivity index (χ4v) is 2.94. The third-order valence-electron chi connectivity index (χ3n) is 3.11. The standard InChI is InChI=1S/C12H12ClN3O4S/c1-8-4-3-5-9(2)10(8)6-15-7-11(21(13,19)20)12(14-15)16(17)18/h3-5,7H,6H2,1-2H3. The van der Waals surface area contributed by atoms with Gasteiger partial charge in [0.05, 0.1) is 17.8 Å². The average Bonchev–Trinajstić information content (AvgIpc) is 2.78. The quantitative estimate of drug-likeness (QED) is 0.487. The van der Waals surface area contributed by atoms with E-state index in [4.69, 9.17) is 10.7 Å². The molecule has 2 rings (SSSR count). The number of benzene rings is 1. The van der Waals surface area contributed by atoms with Gasteiger partial charge in [-0.25, -0.2) is 8.42 Å². The average molecular weight is 330 g/mol. The number of halogens is 1. The van der Waals surface area contributed by atoms with Gasteiger partial charge in [0.1, 0.15) is 0 Å². The summed E-state index contributed by atoms with van der Waals surface area (Å²) in [6.07, 6.45) is 1.08. The number of nitro groups is 1. The van der Waals surface area contributed by atoms with Crippen LogP contribution in [0.1, 0.15) is 16.7 Å². The second-order valence-corrected chi connectivity index (χ2v) is 7.11. The van der Waals surface area contributed by atoms with Gasteiger partial charge in [-0.1, -0.05) is 18.2 Å². The van der Waals surface area contributed by atoms with Crippen LogP contribution in [0, 0.1) is 24.0 Å². The van der Waals surface area contributed by atoms with E-state index in [9.17, 15) is 18.5 Å². The number of rotatable bonds is 4. The van der Waals surface area contributed by atoms with Crippen LogP contribution in [0.4, 0.5) is 5.82 Å². The summed E-state index contributed by atoms with van der Waals surface area (Å²) < 4.78 is 23.9. The van der Waals surface area contributed by atoms with Crippen molar-refractivity contribution in [1.82, 2.24) is 9.78 Å². The number of hydrogen-bond donors (Lipinski definition) is 0. The maximum atomic E-state index is 11.4. The Bertz CT molecular complexity index is 794. The van der Waals surface area contributed by atoms with E-state index < -0.39 is 24.7 Å². The van der Waals surface area contributed by atoms with Gasteiger partial charge in [-0.15, -0.1) is 0 Å². The largest absolute Gasteiger partial charge is 0.410 e. The van der Waals surface area contributed by atoms with Gasteiger partial charge in [-0.2, -0.15) is 4.68 Å². The van der Waals surface area contributed by atoms with Gasteiger partial charge in [0.15, 0.2) is 0 Å². The van der Waals surface area contributed by atoms with Crippen molar-refractivity contribution in [3.63, 3.8) is 0 Å². The second-order valence-electron chi connectivity index (χ2n) is 4.58. The maximum absolute atomic E-state index is 11.4. The molecular weight excluding hydrogens is 318 g/mol. The highest BCUT2D eigenvalue weighted by Crippen LogP contribution is 2.26. The van der Waals surface area contributed by atoms with Gasteiger partial charge in [0.25, 0.3) is 9.05 Å². The van der Waals surface area contributed by atoms with Crippen molar-refractivity contribution in [1.29, 1.82) is 0 Å². The summed E-state index contributed by atoms with van der Waals surface area (Å²) in [6.45, 7) is 4.03. The third kappa shape index (κ3) is 3.22. The molecule has 0 amide bonds. The zero-order valence-corrected chi connectivity index (χ0v) is 12.8. The van der Waals surface area contributed by atoms with Gasteiger partial charge in [-0.3, -0.25) is 0 Å². The van der Waals surface area contributed by atoms with Gasteiger partial charge >= 0.3 is 5.82 Å². The molecule has 0 aliphatic rings. The molecule has 0 radical (unpaired) electrons. The Morgan fingerprint density at radius 2 is 1.90 bits per heavy atom. The minimum absolute atomic E-state index is 0.228. The van der Waals surface area contributed by atoms with E-state index in [1.165, 1.54) is 4.68 Å². The summed E-state index contributed by atoms with van der Waals surface area (Å²) in [5.74, 6) is -0.767. The van der Waals surface area contributed by atoms with E-state index >= 15 is 0 Å². The molecule has 1 aromatic heterocycles. The molecule has 0 saturated heterocycles. The van der Waals surface area contributed by atoms with Crippen LogP contribution in [0.5, 0.6) is 0 Å². The molecule has 0 bridgehead atoms. The molecule has 0 aliphatic carbocycles. The number of aryl methyl sites for hydroxylation is 2. The molecule has 1 aromatic carbocycles. The fourth-order valence-electron chi connectivity index (χ4n) is 2.03. The van der Waals surface area contributed by atoms with Gasteiger partial charge in [-0.05, 0) is 35.5 Å². The van der Waals surface area contributed by atoms with Gasteiger partial charge in [0, 0.05) is 10.7 Å². The van der Waals surface area contributed by atoms with E-state index in [-0.39, 0.29) is 6.54 Å². The lowest BCUT2D eigenvalue weighted by molar-refractivity contribution is -0.392. The van der Waals surface area contributed by atoms with Crippen LogP contribution in [-0.2, 0) is 15.6 Å². The summed E-state index contributed by atoms with van der Waals surface area (Å²) in [5.41, 5.74) is 2.90. The van der Waals surface area contributed by atoms with Crippen molar-refractivity contribution in [3.05, 3.63) is 51.2 Å². The molecule has 7 nitrogen and oxygen atoms in total. The van der Waals surface area contributed by atoms with E-state index in [0.717, 1.165) is 22.9 Å². The number of hydrogen-bond acceptors (Lipinski definition) is 5. The number of nitrogens with zero attached hydrogens (tertiary/aromatic N) is 3. The molecule has 21 heavy (non-hydrogen) atoms. The van der Waals surface area contributed by atoms with Crippen LogP contribution < -0.4 is 0 Å². The first-order valence-electron chi connectivity index (χ1n) is 5.91. The van der Waals surface area contributed by atoms with E-state index in [1.807, 2.05) is 32.0 Å². The zero-order chi connectivity index (χ0) is 15.8. The molecular formula is C12H12ClN3O4S. The van der Waals surface area contributed by atoms with Crippen molar-refractivity contribution >= 4 is 25.6 Å². The Kier molecular flexibility index (Phi) is 4.02. The third-order valence-corrected chi connectivity index (χ3v) is 4.42. The highest BCUT2D eigenvalue weighted by molar-refractivity contribution is 8.13. The van der Waals surface area contributed by atoms with Crippen LogP contribution in [-0.4, -0.2) is 23.1 Å². The van der Waals surface area contributed by atoms with E-state index in [2.05, 4.69) is 5.10 Å². The van der Waals surface area contributed by atoms with Crippen LogP contribution in [0.15, 0.2) is 29.3 Å². The van der Waals surface area contributed by atoms with Crippen LogP contribution in [0.2, 0.25) is 0 Å². The smallest absolute Gasteiger partial charge is 0.358 e. The van der Waals surface area contributed by atoms with E-state index in [0.29, 0.717) is 0 Å². The highest BCUT2D eigenvalue weighted by atomic mass is 35.7. The van der Waals surface area contributed by atoms with E-state index in [1.54, 1.807) is 0 Å². The Morgan fingerprint density at radius 3 is 2.33 bits per heavy atom. The topological polar surface area (TPSA) is 95.1 Å². The number of aromatic nitrogens is 2. The lowest BCUT2D eigenvalue weighted by Gasteiger charge is -2.07. The van der Waals surface area contributed by atoms with Gasteiger partial charge in [0.2, 0.25) is 4.90 Å². The molecule has 0 atom stereocenters. The van der Waals surface area contributed by atoms with Crippen molar-refractivity contribution in [2.24, 2.45) is 0 Å². The summed E-state index contributed by atoms with van der Waals surface area (Å²) in [7, 11) is 0.978. The van der Waals surface area contributed by atoms with Crippen molar-refractivity contribution in [2.45, 2.75) is 25.3 Å². The van der Waals surface area contributed by atoms with Crippen molar-refractivity contribution in [3.8, 4) is 0 Å². The van der Waals surface area contributed by atoms with Gasteiger partial charge < -0.3 is 10.1 Å². The molecule has 0 saturated carbocycles. The zero-order valence-electron chi connectivity index (χ0n) is 11.3. The lowest BCUT2D eigenvalue weighted by Crippen LogP contribution is -2.04. The molecule has 0 N–H and O–H groups in total. The predicted molar refractivity (Wildman–Crippen MR) is 76.9 cm³/mol. The minimum Gasteiger partial charge on any atom is -0.358 e. The predicted octanol–water partition coefficient (Wildman–Crippen LogP) is 2.38. The molecule has 112 valence electrons. The summed E-state index contributed by atoms with van der Waals surface area (Å²) in [5, 5.41) is 14.6. The summed E-state index contributed by atoms with van der Waals surface area (Å²) >= 11 is 0. The maximum Gasteiger partial charge on any atom is 0.410 e. The van der Waals surface area contributed by atoms with Crippen LogP contribution >= 0.6 is 10.7 Å². The van der Waals surface area contributed by atoms with Crippen molar-refractivity contribution < 1.29 is 13.3 Å². The molecule has 2 aromatic rings. The Labute approximate surface area is 125 Å². The highest BCUT2D eigenvalue weighted by Gasteiger charge is 2.30. The van der Waals surface area contributed by atoms with Crippen LogP contribution in [0.3, 0.4) is 0 Å². The first kappa shape index (κ1) is 15.5. The minimum atomic E-state index is -4.22. The Hall–Kier alpha value is -1.93. The molecule has 0 aliphatic heterocycles. The van der Waals surface area contributed by atoms with Crippen LogP contribution in [0.25, 0.3) is 0 Å². The fraction of sp³-hybridized carbons (Fsp3) is 0.250. The Morgan fingerprint density at radius 1 is 1.33 bits per heavy atom. The molecule has 0 fully saturated rings. The summed E-state index contributed by atoms with van der Waals surface area (Å²) in [4.78, 5) is 9.41. The first-order chi connectivity index (χ1) is 9.70. The molecule has 0 unspecified atom stereocenters. The molecule has 9 heteroatoms. The first-order valence-corrected chi connectivity index (χ1v) is 8.22. The second kappa shape index (κ2) is 5.45. The monoisotopic (exact) mass is 329 g/mol. The summed E-state index contributed by atoms with van der Waals surface area (Å²) in [6, 6.07) is 5.70. The SMILES string of the molecule is Cc1cccc(C)c1Cn1cc(S(=O)(=O)Cl)c([N+](=O)[O-])n1. The Balaban J connectivity index is 2.50. The normalized spacial score (nSPS) is 11.6. The van der Waals surface area contributed by atoms with Crippen molar-refractivity contribution in [2.75, 3.05) is 0 Å².